The maximum absolute atomic E-state index is 6.12. The molecule has 1 nitrogen and oxygen atoms in total. The summed E-state index contributed by atoms with van der Waals surface area (Å²) in [6.07, 6.45) is 1.39. The third kappa shape index (κ3) is 1.59. The van der Waals surface area contributed by atoms with Crippen LogP contribution in [0.3, 0.4) is 0 Å². The Bertz CT molecular complexity index is 322. The van der Waals surface area contributed by atoms with Crippen LogP contribution in [0.5, 0.6) is 0 Å². The lowest BCUT2D eigenvalue weighted by Crippen LogP contribution is -2.22. The van der Waals surface area contributed by atoms with Crippen molar-refractivity contribution in [2.75, 3.05) is 0 Å². The number of rotatable bonds is 0. The Morgan fingerprint density at radius 3 is 2.92 bits per heavy atom. The van der Waals surface area contributed by atoms with E-state index in [9.17, 15) is 0 Å². The zero-order valence-corrected chi connectivity index (χ0v) is 8.64. The second-order valence-electron chi connectivity index (χ2n) is 3.60. The maximum atomic E-state index is 6.12. The molecule has 1 aromatic rings. The average molecular weight is 197 g/mol. The molecule has 2 atom stereocenters. The van der Waals surface area contributed by atoms with Crippen LogP contribution in [0.2, 0.25) is 5.02 Å². The standard InChI is InChI=1S/C11H13ClO/c1-7-6-10-9(8(2)13-7)4-3-5-11(10)12/h3-5,7-8H,6H2,1-2H3. The molecule has 2 rings (SSSR count). The van der Waals surface area contributed by atoms with Gasteiger partial charge in [0.05, 0.1) is 12.2 Å². The summed E-state index contributed by atoms with van der Waals surface area (Å²) in [5, 5.41) is 0.875. The summed E-state index contributed by atoms with van der Waals surface area (Å²) in [6.45, 7) is 4.16. The molecule has 0 bridgehead atoms. The minimum atomic E-state index is 0.178. The Balaban J connectivity index is 2.49. The van der Waals surface area contributed by atoms with Crippen LogP contribution in [0.1, 0.15) is 31.1 Å². The van der Waals surface area contributed by atoms with Gasteiger partial charge >= 0.3 is 0 Å². The van der Waals surface area contributed by atoms with Crippen LogP contribution >= 0.6 is 11.6 Å². The number of ether oxygens (including phenoxy) is 1. The molecule has 0 radical (unpaired) electrons. The first-order chi connectivity index (χ1) is 6.18. The molecule has 0 N–H and O–H groups in total. The zero-order chi connectivity index (χ0) is 9.42. The quantitative estimate of drug-likeness (QED) is 0.618. The molecule has 1 aliphatic heterocycles. The van der Waals surface area contributed by atoms with Crippen molar-refractivity contribution in [1.29, 1.82) is 0 Å². The molecule has 1 aliphatic rings. The molecule has 2 unspecified atom stereocenters. The van der Waals surface area contributed by atoms with Gasteiger partial charge in [0.2, 0.25) is 0 Å². The van der Waals surface area contributed by atoms with E-state index >= 15 is 0 Å². The van der Waals surface area contributed by atoms with E-state index in [0.717, 1.165) is 11.4 Å². The molecule has 13 heavy (non-hydrogen) atoms. The normalized spacial score (nSPS) is 27.0. The van der Waals surface area contributed by atoms with Crippen molar-refractivity contribution in [3.63, 3.8) is 0 Å². The topological polar surface area (TPSA) is 9.23 Å². The monoisotopic (exact) mass is 196 g/mol. The highest BCUT2D eigenvalue weighted by Crippen LogP contribution is 2.33. The third-order valence-corrected chi connectivity index (χ3v) is 2.88. The molecule has 0 aliphatic carbocycles. The number of fused-ring (bicyclic) bond motifs is 1. The summed E-state index contributed by atoms with van der Waals surface area (Å²) >= 11 is 6.12. The van der Waals surface area contributed by atoms with Crippen LogP contribution in [0.15, 0.2) is 18.2 Å². The number of hydrogen-bond donors (Lipinski definition) is 0. The molecule has 0 fully saturated rings. The van der Waals surface area contributed by atoms with Crippen LogP contribution in [0.4, 0.5) is 0 Å². The van der Waals surface area contributed by atoms with E-state index in [1.807, 2.05) is 12.1 Å². The van der Waals surface area contributed by atoms with E-state index in [4.69, 9.17) is 16.3 Å². The van der Waals surface area contributed by atoms with Gasteiger partial charge < -0.3 is 4.74 Å². The van der Waals surface area contributed by atoms with E-state index in [1.54, 1.807) is 0 Å². The van der Waals surface area contributed by atoms with Gasteiger partial charge in [-0.3, -0.25) is 0 Å². The first-order valence-electron chi connectivity index (χ1n) is 4.61. The van der Waals surface area contributed by atoms with Crippen LogP contribution in [-0.4, -0.2) is 6.10 Å². The maximum Gasteiger partial charge on any atom is 0.0803 e. The molecule has 0 amide bonds. The molecule has 0 spiro atoms. The van der Waals surface area contributed by atoms with Gasteiger partial charge in [0.15, 0.2) is 0 Å². The van der Waals surface area contributed by atoms with Crippen LogP contribution in [-0.2, 0) is 11.2 Å². The Morgan fingerprint density at radius 2 is 2.15 bits per heavy atom. The van der Waals surface area contributed by atoms with Gasteiger partial charge in [0.25, 0.3) is 0 Å². The predicted molar refractivity (Wildman–Crippen MR) is 54.1 cm³/mol. The Hall–Kier alpha value is -0.530. The highest BCUT2D eigenvalue weighted by Gasteiger charge is 2.22. The van der Waals surface area contributed by atoms with Crippen LogP contribution in [0.25, 0.3) is 0 Å². The van der Waals surface area contributed by atoms with Crippen LogP contribution < -0.4 is 0 Å². The SMILES string of the molecule is CC1Cc2c(Cl)cccc2C(C)O1. The second-order valence-corrected chi connectivity index (χ2v) is 4.01. The second kappa shape index (κ2) is 3.32. The molecule has 1 aromatic carbocycles. The molecule has 70 valence electrons. The van der Waals surface area contributed by atoms with E-state index < -0.39 is 0 Å². The molecule has 0 aromatic heterocycles. The van der Waals surface area contributed by atoms with Crippen molar-refractivity contribution in [3.05, 3.63) is 34.3 Å². The van der Waals surface area contributed by atoms with Crippen molar-refractivity contribution >= 4 is 11.6 Å². The molecular formula is C11H13ClO. The summed E-state index contributed by atoms with van der Waals surface area (Å²) in [4.78, 5) is 0. The lowest BCUT2D eigenvalue weighted by molar-refractivity contribution is -0.00466. The summed E-state index contributed by atoms with van der Waals surface area (Å²) in [5.41, 5.74) is 2.50. The summed E-state index contributed by atoms with van der Waals surface area (Å²) < 4.78 is 5.71. The van der Waals surface area contributed by atoms with Gasteiger partial charge in [0, 0.05) is 11.4 Å². The highest BCUT2D eigenvalue weighted by atomic mass is 35.5. The minimum Gasteiger partial charge on any atom is -0.371 e. The minimum absolute atomic E-state index is 0.178. The van der Waals surface area contributed by atoms with E-state index in [2.05, 4.69) is 19.9 Å². The number of benzene rings is 1. The first-order valence-corrected chi connectivity index (χ1v) is 4.99. The predicted octanol–water partition coefficient (Wildman–Crippen LogP) is 3.36. The van der Waals surface area contributed by atoms with Gasteiger partial charge in [0.1, 0.15) is 0 Å². The van der Waals surface area contributed by atoms with Crippen molar-refractivity contribution < 1.29 is 4.74 Å². The Morgan fingerprint density at radius 1 is 1.38 bits per heavy atom. The van der Waals surface area contributed by atoms with Crippen LogP contribution in [0, 0.1) is 0 Å². The number of halogens is 1. The first kappa shape index (κ1) is 9.04. The van der Waals surface area contributed by atoms with Gasteiger partial charge in [-0.25, -0.2) is 0 Å². The molecular weight excluding hydrogens is 184 g/mol. The lowest BCUT2D eigenvalue weighted by atomic mass is 9.95. The average Bonchev–Trinajstić information content (AvgIpc) is 2.07. The van der Waals surface area contributed by atoms with Gasteiger partial charge in [-0.15, -0.1) is 0 Å². The van der Waals surface area contributed by atoms with Crippen molar-refractivity contribution in [1.82, 2.24) is 0 Å². The highest BCUT2D eigenvalue weighted by molar-refractivity contribution is 6.31. The van der Waals surface area contributed by atoms with Gasteiger partial charge in [-0.05, 0) is 31.0 Å². The summed E-state index contributed by atoms with van der Waals surface area (Å²) in [7, 11) is 0. The smallest absolute Gasteiger partial charge is 0.0803 e. The van der Waals surface area contributed by atoms with Gasteiger partial charge in [-0.2, -0.15) is 0 Å². The summed E-state index contributed by atoms with van der Waals surface area (Å²) in [6, 6.07) is 6.03. The van der Waals surface area contributed by atoms with E-state index in [1.165, 1.54) is 11.1 Å². The van der Waals surface area contributed by atoms with Crippen molar-refractivity contribution in [2.24, 2.45) is 0 Å². The lowest BCUT2D eigenvalue weighted by Gasteiger charge is -2.28. The van der Waals surface area contributed by atoms with E-state index in [0.29, 0.717) is 0 Å². The molecule has 1 heterocycles. The van der Waals surface area contributed by atoms with Crippen molar-refractivity contribution in [2.45, 2.75) is 32.5 Å². The van der Waals surface area contributed by atoms with Crippen molar-refractivity contribution in [3.8, 4) is 0 Å². The molecule has 0 saturated heterocycles. The number of hydrogen-bond acceptors (Lipinski definition) is 1. The Kier molecular flexibility index (Phi) is 2.31. The van der Waals surface area contributed by atoms with Gasteiger partial charge in [-0.1, -0.05) is 23.7 Å². The molecule has 2 heteroatoms. The fraction of sp³-hybridized carbons (Fsp3) is 0.455. The summed E-state index contributed by atoms with van der Waals surface area (Å²) in [5.74, 6) is 0. The Labute approximate surface area is 83.7 Å². The molecule has 0 saturated carbocycles. The van der Waals surface area contributed by atoms with E-state index in [-0.39, 0.29) is 12.2 Å². The fourth-order valence-electron chi connectivity index (χ4n) is 1.93. The third-order valence-electron chi connectivity index (χ3n) is 2.52. The fourth-order valence-corrected chi connectivity index (χ4v) is 2.19. The zero-order valence-electron chi connectivity index (χ0n) is 7.88. The largest absolute Gasteiger partial charge is 0.371 e.